The molecule has 0 aromatic heterocycles. The number of hydrogen-bond donors (Lipinski definition) is 0. The van der Waals surface area contributed by atoms with Gasteiger partial charge in [-0.25, -0.2) is 0 Å². The van der Waals surface area contributed by atoms with E-state index >= 15 is 0 Å². The van der Waals surface area contributed by atoms with E-state index in [1.807, 2.05) is 0 Å². The van der Waals surface area contributed by atoms with Crippen LogP contribution >= 0.6 is 22.6 Å². The zero-order valence-corrected chi connectivity index (χ0v) is 9.91. The Bertz CT molecular complexity index is 130. The van der Waals surface area contributed by atoms with Crippen molar-refractivity contribution in [3.63, 3.8) is 0 Å². The van der Waals surface area contributed by atoms with Crippen molar-refractivity contribution in [1.82, 2.24) is 0 Å². The maximum atomic E-state index is 5.83. The van der Waals surface area contributed by atoms with Crippen molar-refractivity contribution in [2.24, 2.45) is 0 Å². The zero-order chi connectivity index (χ0) is 8.97. The third-order valence-electron chi connectivity index (χ3n) is 2.06. The second kappa shape index (κ2) is 5.40. The number of halogens is 1. The minimum absolute atomic E-state index is 0.326. The molecule has 0 amide bonds. The second-order valence-corrected chi connectivity index (χ2v) is 4.93. The molecule has 3 heteroatoms. The Morgan fingerprint density at radius 1 is 1.58 bits per heavy atom. The number of ether oxygens (including phenoxy) is 2. The summed E-state index contributed by atoms with van der Waals surface area (Å²) in [5.41, 5.74) is 0. The summed E-state index contributed by atoms with van der Waals surface area (Å²) in [5, 5.41) is 0. The van der Waals surface area contributed by atoms with Gasteiger partial charge in [-0.3, -0.25) is 0 Å². The first-order valence-corrected chi connectivity index (χ1v) is 5.86. The van der Waals surface area contributed by atoms with E-state index < -0.39 is 0 Å². The third-order valence-corrected chi connectivity index (χ3v) is 3.23. The normalized spacial score (nSPS) is 32.2. The van der Waals surface area contributed by atoms with Crippen LogP contribution in [0.3, 0.4) is 0 Å². The van der Waals surface area contributed by atoms with Gasteiger partial charge in [0.1, 0.15) is 0 Å². The molecule has 0 saturated carbocycles. The molecule has 0 N–H and O–H groups in total. The maximum Gasteiger partial charge on any atom is 0.0951 e. The van der Waals surface area contributed by atoms with E-state index in [1.54, 1.807) is 0 Å². The van der Waals surface area contributed by atoms with Crippen LogP contribution in [0, 0.1) is 0 Å². The minimum Gasteiger partial charge on any atom is -0.378 e. The van der Waals surface area contributed by atoms with E-state index in [-0.39, 0.29) is 0 Å². The summed E-state index contributed by atoms with van der Waals surface area (Å²) in [5.74, 6) is 0. The highest BCUT2D eigenvalue weighted by molar-refractivity contribution is 14.1. The molecule has 0 radical (unpaired) electrons. The van der Waals surface area contributed by atoms with E-state index in [4.69, 9.17) is 9.47 Å². The Balaban J connectivity index is 2.20. The van der Waals surface area contributed by atoms with Gasteiger partial charge < -0.3 is 9.47 Å². The van der Waals surface area contributed by atoms with E-state index in [0.717, 1.165) is 19.6 Å². The van der Waals surface area contributed by atoms with Crippen molar-refractivity contribution in [2.45, 2.75) is 42.8 Å². The molecular formula is C9H17IO2. The molecule has 0 spiro atoms. The summed E-state index contributed by atoms with van der Waals surface area (Å²) in [6.07, 6.45) is 3.06. The first-order valence-electron chi connectivity index (χ1n) is 4.61. The van der Waals surface area contributed by atoms with Gasteiger partial charge in [-0.2, -0.15) is 0 Å². The van der Waals surface area contributed by atoms with Crippen LogP contribution in [0.2, 0.25) is 0 Å². The van der Waals surface area contributed by atoms with E-state index in [0.29, 0.717) is 16.1 Å². The smallest absolute Gasteiger partial charge is 0.0951 e. The molecule has 3 unspecified atom stereocenters. The van der Waals surface area contributed by atoms with Gasteiger partial charge in [-0.05, 0) is 13.3 Å². The molecule has 1 fully saturated rings. The molecule has 12 heavy (non-hydrogen) atoms. The van der Waals surface area contributed by atoms with Crippen molar-refractivity contribution >= 4 is 22.6 Å². The third kappa shape index (κ3) is 3.18. The highest BCUT2D eigenvalue weighted by atomic mass is 127. The van der Waals surface area contributed by atoms with Crippen LogP contribution in [0.1, 0.15) is 26.7 Å². The molecule has 0 bridgehead atoms. The molecule has 0 aromatic rings. The van der Waals surface area contributed by atoms with Gasteiger partial charge in [0.2, 0.25) is 0 Å². The summed E-state index contributed by atoms with van der Waals surface area (Å²) in [6.45, 7) is 5.96. The Kier molecular flexibility index (Phi) is 4.82. The molecule has 1 saturated heterocycles. The van der Waals surface area contributed by atoms with Gasteiger partial charge >= 0.3 is 0 Å². The number of rotatable bonds is 4. The lowest BCUT2D eigenvalue weighted by atomic mass is 10.2. The molecule has 1 aliphatic rings. The summed E-state index contributed by atoms with van der Waals surface area (Å²) in [6, 6.07) is 0. The van der Waals surface area contributed by atoms with Crippen LogP contribution in [0.25, 0.3) is 0 Å². The fourth-order valence-corrected chi connectivity index (χ4v) is 2.04. The SMILES string of the molecule is CCCC(C)OC1COCC1I. The zero-order valence-electron chi connectivity index (χ0n) is 7.75. The van der Waals surface area contributed by atoms with E-state index in [1.165, 1.54) is 6.42 Å². The van der Waals surface area contributed by atoms with Crippen molar-refractivity contribution in [3.05, 3.63) is 0 Å². The van der Waals surface area contributed by atoms with Crippen LogP contribution in [-0.2, 0) is 9.47 Å². The van der Waals surface area contributed by atoms with Gasteiger partial charge in [0.15, 0.2) is 0 Å². The van der Waals surface area contributed by atoms with Gasteiger partial charge in [-0.1, -0.05) is 35.9 Å². The molecule has 1 rings (SSSR count). The lowest BCUT2D eigenvalue weighted by molar-refractivity contribution is -0.00736. The summed E-state index contributed by atoms with van der Waals surface area (Å²) < 4.78 is 11.7. The number of hydrogen-bond acceptors (Lipinski definition) is 2. The minimum atomic E-state index is 0.326. The Labute approximate surface area is 88.1 Å². The van der Waals surface area contributed by atoms with Crippen LogP contribution in [0.4, 0.5) is 0 Å². The lowest BCUT2D eigenvalue weighted by Crippen LogP contribution is -2.26. The summed E-state index contributed by atoms with van der Waals surface area (Å²) >= 11 is 2.41. The van der Waals surface area contributed by atoms with E-state index in [2.05, 4.69) is 36.4 Å². The van der Waals surface area contributed by atoms with Crippen LogP contribution in [-0.4, -0.2) is 29.3 Å². The lowest BCUT2D eigenvalue weighted by Gasteiger charge is -2.19. The quantitative estimate of drug-likeness (QED) is 0.583. The monoisotopic (exact) mass is 284 g/mol. The number of alkyl halides is 1. The molecule has 0 aromatic carbocycles. The Hall–Kier alpha value is 0.650. The average Bonchev–Trinajstić information content (AvgIpc) is 2.37. The van der Waals surface area contributed by atoms with Crippen LogP contribution in [0.5, 0.6) is 0 Å². The van der Waals surface area contributed by atoms with Crippen molar-refractivity contribution in [1.29, 1.82) is 0 Å². The highest BCUT2D eigenvalue weighted by Gasteiger charge is 2.27. The molecule has 2 nitrogen and oxygen atoms in total. The van der Waals surface area contributed by atoms with E-state index in [9.17, 15) is 0 Å². The molecule has 0 aliphatic carbocycles. The molecular weight excluding hydrogens is 267 g/mol. The van der Waals surface area contributed by atoms with Crippen molar-refractivity contribution in [2.75, 3.05) is 13.2 Å². The predicted molar refractivity (Wildman–Crippen MR) is 57.9 cm³/mol. The van der Waals surface area contributed by atoms with Crippen molar-refractivity contribution < 1.29 is 9.47 Å². The largest absolute Gasteiger partial charge is 0.378 e. The standard InChI is InChI=1S/C9H17IO2/c1-3-4-7(2)12-9-6-11-5-8(9)10/h7-9H,3-6H2,1-2H3. The molecule has 3 atom stereocenters. The predicted octanol–water partition coefficient (Wildman–Crippen LogP) is 2.39. The Morgan fingerprint density at radius 3 is 2.83 bits per heavy atom. The van der Waals surface area contributed by atoms with Gasteiger partial charge in [0, 0.05) is 0 Å². The Morgan fingerprint density at radius 2 is 2.33 bits per heavy atom. The van der Waals surface area contributed by atoms with Crippen molar-refractivity contribution in [3.8, 4) is 0 Å². The fraction of sp³-hybridized carbons (Fsp3) is 1.00. The highest BCUT2D eigenvalue weighted by Crippen LogP contribution is 2.20. The topological polar surface area (TPSA) is 18.5 Å². The molecule has 1 heterocycles. The first kappa shape index (κ1) is 10.7. The molecule has 1 aliphatic heterocycles. The van der Waals surface area contributed by atoms with Gasteiger partial charge in [-0.15, -0.1) is 0 Å². The molecule has 72 valence electrons. The summed E-state index contributed by atoms with van der Waals surface area (Å²) in [7, 11) is 0. The summed E-state index contributed by atoms with van der Waals surface area (Å²) in [4.78, 5) is 0. The maximum absolute atomic E-state index is 5.83. The average molecular weight is 284 g/mol. The second-order valence-electron chi connectivity index (χ2n) is 3.33. The fourth-order valence-electron chi connectivity index (χ4n) is 1.41. The first-order chi connectivity index (χ1) is 5.74. The van der Waals surface area contributed by atoms with Gasteiger partial charge in [0.25, 0.3) is 0 Å². The van der Waals surface area contributed by atoms with Gasteiger partial charge in [0.05, 0.1) is 29.3 Å². The van der Waals surface area contributed by atoms with Crippen LogP contribution in [0.15, 0.2) is 0 Å². The van der Waals surface area contributed by atoms with Crippen LogP contribution < -0.4 is 0 Å².